The van der Waals surface area contributed by atoms with Crippen LogP contribution in [0.15, 0.2) is 12.1 Å². The van der Waals surface area contributed by atoms with Gasteiger partial charge in [0.25, 0.3) is 0 Å². The van der Waals surface area contributed by atoms with Gasteiger partial charge in [0.15, 0.2) is 0 Å². The maximum absolute atomic E-state index is 13.4. The maximum atomic E-state index is 13.4. The van der Waals surface area contributed by atoms with Crippen molar-refractivity contribution in [2.45, 2.75) is 19.4 Å². The summed E-state index contributed by atoms with van der Waals surface area (Å²) < 4.78 is 31.5. The predicted octanol–water partition coefficient (Wildman–Crippen LogP) is 2.00. The Morgan fingerprint density at radius 1 is 1.20 bits per heavy atom. The maximum Gasteiger partial charge on any atom is 0.129 e. The molecule has 0 radical (unpaired) electrons. The highest BCUT2D eigenvalue weighted by Crippen LogP contribution is 2.16. The third kappa shape index (κ3) is 3.25. The summed E-state index contributed by atoms with van der Waals surface area (Å²) in [6.07, 6.45) is 1.12. The molecule has 0 fully saturated rings. The molecular formula is C11H15F2NO. The van der Waals surface area contributed by atoms with Crippen LogP contribution in [-0.4, -0.2) is 13.7 Å². The summed E-state index contributed by atoms with van der Waals surface area (Å²) in [4.78, 5) is 0. The molecule has 0 aliphatic rings. The molecule has 15 heavy (non-hydrogen) atoms. The Balaban J connectivity index is 2.87. The summed E-state index contributed by atoms with van der Waals surface area (Å²) in [6.45, 7) is 0.556. The van der Waals surface area contributed by atoms with Gasteiger partial charge in [0, 0.05) is 12.7 Å². The topological polar surface area (TPSA) is 35.2 Å². The van der Waals surface area contributed by atoms with E-state index in [1.54, 1.807) is 0 Å². The van der Waals surface area contributed by atoms with Crippen LogP contribution < -0.4 is 5.73 Å². The molecule has 2 N–H and O–H groups in total. The number of nitrogens with two attached hydrogens (primary N) is 1. The Morgan fingerprint density at radius 3 is 2.40 bits per heavy atom. The van der Waals surface area contributed by atoms with E-state index in [0.717, 1.165) is 0 Å². The SMILES string of the molecule is COCc1cc(F)c(CCCN)cc1F. The summed E-state index contributed by atoms with van der Waals surface area (Å²) in [5.41, 5.74) is 5.92. The van der Waals surface area contributed by atoms with Gasteiger partial charge in [-0.2, -0.15) is 0 Å². The quantitative estimate of drug-likeness (QED) is 0.815. The zero-order valence-electron chi connectivity index (χ0n) is 8.72. The lowest BCUT2D eigenvalue weighted by Crippen LogP contribution is -2.03. The van der Waals surface area contributed by atoms with Crippen molar-refractivity contribution >= 4 is 0 Å². The van der Waals surface area contributed by atoms with Gasteiger partial charge in [-0.25, -0.2) is 8.78 Å². The van der Waals surface area contributed by atoms with E-state index in [-0.39, 0.29) is 12.2 Å². The van der Waals surface area contributed by atoms with Gasteiger partial charge in [0.2, 0.25) is 0 Å². The second-order valence-corrected chi connectivity index (χ2v) is 3.36. The molecular weight excluding hydrogens is 200 g/mol. The Hall–Kier alpha value is -1.00. The Morgan fingerprint density at radius 2 is 1.80 bits per heavy atom. The van der Waals surface area contributed by atoms with Gasteiger partial charge in [-0.15, -0.1) is 0 Å². The molecule has 1 rings (SSSR count). The fourth-order valence-corrected chi connectivity index (χ4v) is 1.38. The van der Waals surface area contributed by atoms with Gasteiger partial charge in [-0.1, -0.05) is 0 Å². The molecule has 0 saturated carbocycles. The zero-order chi connectivity index (χ0) is 11.3. The van der Waals surface area contributed by atoms with E-state index in [1.165, 1.54) is 19.2 Å². The van der Waals surface area contributed by atoms with Crippen LogP contribution in [0.5, 0.6) is 0 Å². The van der Waals surface area contributed by atoms with Crippen LogP contribution in [-0.2, 0) is 17.8 Å². The fraction of sp³-hybridized carbons (Fsp3) is 0.455. The molecule has 0 aromatic heterocycles. The summed E-state index contributed by atoms with van der Waals surface area (Å²) in [6, 6.07) is 2.41. The van der Waals surface area contributed by atoms with Gasteiger partial charge >= 0.3 is 0 Å². The van der Waals surface area contributed by atoms with Gasteiger partial charge in [0.05, 0.1) is 6.61 Å². The van der Waals surface area contributed by atoms with Crippen LogP contribution in [0.3, 0.4) is 0 Å². The van der Waals surface area contributed by atoms with E-state index < -0.39 is 11.6 Å². The zero-order valence-corrected chi connectivity index (χ0v) is 8.72. The summed E-state index contributed by atoms with van der Waals surface area (Å²) in [7, 11) is 1.44. The van der Waals surface area contributed by atoms with Crippen molar-refractivity contribution in [1.82, 2.24) is 0 Å². The molecule has 0 spiro atoms. The lowest BCUT2D eigenvalue weighted by molar-refractivity contribution is 0.181. The average Bonchev–Trinajstić information content (AvgIpc) is 2.21. The number of halogens is 2. The molecule has 4 heteroatoms. The van der Waals surface area contributed by atoms with Crippen molar-refractivity contribution in [3.05, 3.63) is 34.9 Å². The van der Waals surface area contributed by atoms with E-state index >= 15 is 0 Å². The van der Waals surface area contributed by atoms with E-state index in [0.29, 0.717) is 24.9 Å². The third-order valence-corrected chi connectivity index (χ3v) is 2.17. The first-order chi connectivity index (χ1) is 7.19. The molecule has 2 nitrogen and oxygen atoms in total. The number of rotatable bonds is 5. The largest absolute Gasteiger partial charge is 0.380 e. The first-order valence-electron chi connectivity index (χ1n) is 4.84. The summed E-state index contributed by atoms with van der Waals surface area (Å²) in [5, 5.41) is 0. The molecule has 0 aliphatic carbocycles. The van der Waals surface area contributed by atoms with Crippen molar-refractivity contribution in [2.24, 2.45) is 5.73 Å². The fourth-order valence-electron chi connectivity index (χ4n) is 1.38. The second-order valence-electron chi connectivity index (χ2n) is 3.36. The molecule has 1 aromatic carbocycles. The molecule has 0 atom stereocenters. The van der Waals surface area contributed by atoms with Gasteiger partial charge in [-0.3, -0.25) is 0 Å². The minimum absolute atomic E-state index is 0.0833. The van der Waals surface area contributed by atoms with Crippen molar-refractivity contribution in [3.63, 3.8) is 0 Å². The smallest absolute Gasteiger partial charge is 0.129 e. The van der Waals surface area contributed by atoms with E-state index in [1.807, 2.05) is 0 Å². The first kappa shape index (κ1) is 12.1. The number of benzene rings is 1. The highest BCUT2D eigenvalue weighted by molar-refractivity contribution is 5.26. The van der Waals surface area contributed by atoms with E-state index in [2.05, 4.69) is 0 Å². The van der Waals surface area contributed by atoms with E-state index in [4.69, 9.17) is 10.5 Å². The highest BCUT2D eigenvalue weighted by Gasteiger charge is 2.09. The average molecular weight is 215 g/mol. The molecule has 0 amide bonds. The Bertz CT molecular complexity index is 329. The van der Waals surface area contributed by atoms with Crippen molar-refractivity contribution in [1.29, 1.82) is 0 Å². The summed E-state index contributed by atoms with van der Waals surface area (Å²) >= 11 is 0. The molecule has 1 aromatic rings. The van der Waals surface area contributed by atoms with E-state index in [9.17, 15) is 8.78 Å². The van der Waals surface area contributed by atoms with Crippen LogP contribution in [0.1, 0.15) is 17.5 Å². The van der Waals surface area contributed by atoms with Crippen molar-refractivity contribution < 1.29 is 13.5 Å². The normalized spacial score (nSPS) is 10.7. The first-order valence-corrected chi connectivity index (χ1v) is 4.84. The number of methoxy groups -OCH3 is 1. The Labute approximate surface area is 88.0 Å². The Kier molecular flexibility index (Phi) is 4.65. The lowest BCUT2D eigenvalue weighted by atomic mass is 10.1. The number of ether oxygens (including phenoxy) is 1. The van der Waals surface area contributed by atoms with Gasteiger partial charge in [0.1, 0.15) is 11.6 Å². The lowest BCUT2D eigenvalue weighted by Gasteiger charge is -2.06. The minimum atomic E-state index is -0.426. The molecule has 0 bridgehead atoms. The van der Waals surface area contributed by atoms with Gasteiger partial charge < -0.3 is 10.5 Å². The van der Waals surface area contributed by atoms with Crippen molar-refractivity contribution in [2.75, 3.05) is 13.7 Å². The predicted molar refractivity (Wildman–Crippen MR) is 54.4 cm³/mol. The third-order valence-electron chi connectivity index (χ3n) is 2.17. The molecule has 84 valence electrons. The van der Waals surface area contributed by atoms with Crippen LogP contribution >= 0.6 is 0 Å². The molecule has 0 heterocycles. The monoisotopic (exact) mass is 215 g/mol. The minimum Gasteiger partial charge on any atom is -0.380 e. The number of aryl methyl sites for hydroxylation is 1. The van der Waals surface area contributed by atoms with Gasteiger partial charge in [-0.05, 0) is 37.1 Å². The van der Waals surface area contributed by atoms with Crippen LogP contribution in [0.25, 0.3) is 0 Å². The molecule has 0 unspecified atom stereocenters. The van der Waals surface area contributed by atoms with Crippen LogP contribution in [0, 0.1) is 11.6 Å². The highest BCUT2D eigenvalue weighted by atomic mass is 19.1. The summed E-state index contributed by atoms with van der Waals surface area (Å²) in [5.74, 6) is -0.817. The molecule has 0 aliphatic heterocycles. The second kappa shape index (κ2) is 5.78. The number of hydrogen-bond acceptors (Lipinski definition) is 2. The van der Waals surface area contributed by atoms with Crippen molar-refractivity contribution in [3.8, 4) is 0 Å². The number of hydrogen-bond donors (Lipinski definition) is 1. The standard InChI is InChI=1S/C11H15F2NO/c1-15-7-9-6-10(12)8(3-2-4-14)5-11(9)13/h5-6H,2-4,7,14H2,1H3. The van der Waals surface area contributed by atoms with Crippen LogP contribution in [0.4, 0.5) is 8.78 Å². The molecule has 0 saturated heterocycles. The van der Waals surface area contributed by atoms with Crippen LogP contribution in [0.2, 0.25) is 0 Å².